The largest absolute Gasteiger partial charge is 0.298 e. The molecular formula is C21H24N4. The quantitative estimate of drug-likeness (QED) is 0.867. The van der Waals surface area contributed by atoms with Crippen LogP contribution >= 0.6 is 0 Å². The van der Waals surface area contributed by atoms with Crippen molar-refractivity contribution in [2.24, 2.45) is 0 Å². The lowest BCUT2D eigenvalue weighted by Gasteiger charge is -2.41. The molecule has 25 heavy (non-hydrogen) atoms. The Morgan fingerprint density at radius 2 is 1.88 bits per heavy atom. The number of aryl methyl sites for hydroxylation is 1. The first-order valence-electron chi connectivity index (χ1n) is 9.20. The number of aromatic nitrogens is 1. The number of nitrogens with zero attached hydrogens (tertiary/aromatic N) is 4. The van der Waals surface area contributed by atoms with Gasteiger partial charge in [-0.3, -0.25) is 14.8 Å². The fourth-order valence-electron chi connectivity index (χ4n) is 4.14. The van der Waals surface area contributed by atoms with E-state index < -0.39 is 0 Å². The molecule has 1 fully saturated rings. The van der Waals surface area contributed by atoms with Gasteiger partial charge in [0.05, 0.1) is 17.3 Å². The fraction of sp³-hybridized carbons (Fsp3) is 0.429. The van der Waals surface area contributed by atoms with Gasteiger partial charge in [0.25, 0.3) is 0 Å². The molecule has 4 heteroatoms. The predicted octanol–water partition coefficient (Wildman–Crippen LogP) is 2.63. The third kappa shape index (κ3) is 3.73. The minimum atomic E-state index is 0.692. The van der Waals surface area contributed by atoms with E-state index in [2.05, 4.69) is 45.1 Å². The van der Waals surface area contributed by atoms with Gasteiger partial charge in [-0.1, -0.05) is 24.3 Å². The van der Waals surface area contributed by atoms with Gasteiger partial charge in [-0.25, -0.2) is 0 Å². The van der Waals surface area contributed by atoms with E-state index in [1.54, 1.807) is 23.4 Å². The molecule has 0 amide bonds. The molecule has 1 aliphatic heterocycles. The van der Waals surface area contributed by atoms with Gasteiger partial charge in [0.2, 0.25) is 0 Å². The summed E-state index contributed by atoms with van der Waals surface area (Å²) in [6, 6.07) is 15.5. The van der Waals surface area contributed by atoms with Crippen molar-refractivity contribution in [1.29, 1.82) is 5.26 Å². The molecule has 0 bridgehead atoms. The van der Waals surface area contributed by atoms with E-state index in [9.17, 15) is 0 Å². The van der Waals surface area contributed by atoms with Crippen molar-refractivity contribution < 1.29 is 0 Å². The molecule has 0 spiro atoms. The van der Waals surface area contributed by atoms with Gasteiger partial charge in [-0.15, -0.1) is 0 Å². The summed E-state index contributed by atoms with van der Waals surface area (Å²) in [5.74, 6) is 0. The van der Waals surface area contributed by atoms with Gasteiger partial charge in [0.1, 0.15) is 0 Å². The van der Waals surface area contributed by atoms with E-state index in [1.807, 2.05) is 6.07 Å². The topological polar surface area (TPSA) is 43.2 Å². The minimum Gasteiger partial charge on any atom is -0.298 e. The molecule has 0 radical (unpaired) electrons. The molecule has 1 saturated heterocycles. The molecule has 2 aromatic rings. The van der Waals surface area contributed by atoms with Crippen LogP contribution in [0, 0.1) is 11.3 Å². The first-order chi connectivity index (χ1) is 12.3. The molecule has 2 aliphatic rings. The SMILES string of the molecule is N#Cc1ccnc(CN2CCN([C@@H]3CCc4ccccc4C3)CC2)c1. The summed E-state index contributed by atoms with van der Waals surface area (Å²) < 4.78 is 0. The zero-order valence-corrected chi connectivity index (χ0v) is 14.6. The maximum atomic E-state index is 9.02. The summed E-state index contributed by atoms with van der Waals surface area (Å²) in [5.41, 5.74) is 4.78. The van der Waals surface area contributed by atoms with Crippen LogP contribution in [0.25, 0.3) is 0 Å². The smallest absolute Gasteiger partial charge is 0.0992 e. The number of pyridine rings is 1. The molecule has 1 aromatic carbocycles. The highest BCUT2D eigenvalue weighted by Crippen LogP contribution is 2.25. The van der Waals surface area contributed by atoms with Crippen molar-refractivity contribution in [3.63, 3.8) is 0 Å². The van der Waals surface area contributed by atoms with Crippen molar-refractivity contribution in [3.8, 4) is 6.07 Å². The highest BCUT2D eigenvalue weighted by atomic mass is 15.3. The second-order valence-corrected chi connectivity index (χ2v) is 7.13. The molecule has 128 valence electrons. The van der Waals surface area contributed by atoms with Crippen LogP contribution in [0.5, 0.6) is 0 Å². The summed E-state index contributed by atoms with van der Waals surface area (Å²) >= 11 is 0. The van der Waals surface area contributed by atoms with Crippen molar-refractivity contribution in [2.75, 3.05) is 26.2 Å². The van der Waals surface area contributed by atoms with Crippen LogP contribution in [0.15, 0.2) is 42.6 Å². The number of hydrogen-bond donors (Lipinski definition) is 0. The normalized spacial score (nSPS) is 21.5. The Balaban J connectivity index is 1.32. The Kier molecular flexibility index (Phi) is 4.78. The third-order valence-corrected chi connectivity index (χ3v) is 5.58. The second kappa shape index (κ2) is 7.35. The Morgan fingerprint density at radius 1 is 1.08 bits per heavy atom. The zero-order valence-electron chi connectivity index (χ0n) is 14.6. The molecule has 0 saturated carbocycles. The van der Waals surface area contributed by atoms with Gasteiger partial charge >= 0.3 is 0 Å². The van der Waals surface area contributed by atoms with Crippen molar-refractivity contribution in [2.45, 2.75) is 31.8 Å². The number of rotatable bonds is 3. The van der Waals surface area contributed by atoms with Crippen molar-refractivity contribution in [1.82, 2.24) is 14.8 Å². The Morgan fingerprint density at radius 3 is 2.68 bits per heavy atom. The summed E-state index contributed by atoms with van der Waals surface area (Å²) in [6.07, 6.45) is 5.43. The molecule has 0 N–H and O–H groups in total. The van der Waals surface area contributed by atoms with E-state index in [0.717, 1.165) is 38.4 Å². The first kappa shape index (κ1) is 16.3. The zero-order chi connectivity index (χ0) is 17.1. The first-order valence-corrected chi connectivity index (χ1v) is 9.20. The molecule has 1 aliphatic carbocycles. The number of piperazine rings is 1. The predicted molar refractivity (Wildman–Crippen MR) is 98.1 cm³/mol. The molecule has 1 atom stereocenters. The summed E-state index contributed by atoms with van der Waals surface area (Å²) in [6.45, 7) is 5.26. The van der Waals surface area contributed by atoms with Gasteiger partial charge in [0, 0.05) is 45.0 Å². The van der Waals surface area contributed by atoms with Crippen LogP contribution in [0.2, 0.25) is 0 Å². The van der Waals surface area contributed by atoms with Gasteiger partial charge in [0.15, 0.2) is 0 Å². The van der Waals surface area contributed by atoms with Crippen molar-refractivity contribution in [3.05, 3.63) is 65.0 Å². The van der Waals surface area contributed by atoms with Gasteiger partial charge < -0.3 is 0 Å². The molecule has 2 heterocycles. The Labute approximate surface area is 149 Å². The number of fused-ring (bicyclic) bond motifs is 1. The monoisotopic (exact) mass is 332 g/mol. The standard InChI is InChI=1S/C21H24N4/c22-15-17-7-8-23-20(13-17)16-24-9-11-25(12-10-24)21-6-5-18-3-1-2-4-19(18)14-21/h1-4,7-8,13,21H,5-6,9-12,14,16H2/t21-/m1/s1. The van der Waals surface area contributed by atoms with Crippen molar-refractivity contribution >= 4 is 0 Å². The van der Waals surface area contributed by atoms with Crippen LogP contribution in [0.3, 0.4) is 0 Å². The maximum Gasteiger partial charge on any atom is 0.0992 e. The van der Waals surface area contributed by atoms with E-state index in [1.165, 1.54) is 19.3 Å². The number of nitriles is 1. The van der Waals surface area contributed by atoms with Crippen LogP contribution in [0.4, 0.5) is 0 Å². The third-order valence-electron chi connectivity index (χ3n) is 5.58. The Hall–Kier alpha value is -2.22. The molecule has 0 unspecified atom stereocenters. The van der Waals surface area contributed by atoms with E-state index in [-0.39, 0.29) is 0 Å². The van der Waals surface area contributed by atoms with Crippen LogP contribution in [-0.4, -0.2) is 47.0 Å². The fourth-order valence-corrected chi connectivity index (χ4v) is 4.14. The van der Waals surface area contributed by atoms with E-state index in [0.29, 0.717) is 11.6 Å². The minimum absolute atomic E-state index is 0.692. The van der Waals surface area contributed by atoms with Crippen LogP contribution < -0.4 is 0 Å². The average Bonchev–Trinajstić information content (AvgIpc) is 2.68. The van der Waals surface area contributed by atoms with Crippen LogP contribution in [-0.2, 0) is 19.4 Å². The Bertz CT molecular complexity index is 771. The maximum absolute atomic E-state index is 9.02. The highest BCUT2D eigenvalue weighted by molar-refractivity contribution is 5.30. The molecule has 1 aromatic heterocycles. The summed E-state index contributed by atoms with van der Waals surface area (Å²) in [5, 5.41) is 9.02. The van der Waals surface area contributed by atoms with E-state index >= 15 is 0 Å². The lowest BCUT2D eigenvalue weighted by atomic mass is 9.87. The lowest BCUT2D eigenvalue weighted by molar-refractivity contribution is 0.0850. The van der Waals surface area contributed by atoms with Crippen LogP contribution in [0.1, 0.15) is 28.8 Å². The second-order valence-electron chi connectivity index (χ2n) is 7.13. The van der Waals surface area contributed by atoms with E-state index in [4.69, 9.17) is 5.26 Å². The highest BCUT2D eigenvalue weighted by Gasteiger charge is 2.27. The number of benzene rings is 1. The van der Waals surface area contributed by atoms with Gasteiger partial charge in [-0.2, -0.15) is 5.26 Å². The average molecular weight is 332 g/mol. The molecule has 4 nitrogen and oxygen atoms in total. The summed E-state index contributed by atoms with van der Waals surface area (Å²) in [7, 11) is 0. The molecule has 4 rings (SSSR count). The summed E-state index contributed by atoms with van der Waals surface area (Å²) in [4.78, 5) is 9.54. The lowest BCUT2D eigenvalue weighted by Crippen LogP contribution is -2.51. The van der Waals surface area contributed by atoms with Gasteiger partial charge in [-0.05, 0) is 42.5 Å². The number of hydrogen-bond acceptors (Lipinski definition) is 4. The molecular weight excluding hydrogens is 308 g/mol.